The maximum Gasteiger partial charge on any atom is 0.184 e. The Morgan fingerprint density at radius 1 is 0.458 bits per heavy atom. The Morgan fingerprint density at radius 3 is 1.81 bits per heavy atom. The zero-order valence-electron chi connectivity index (χ0n) is 32.0. The second-order valence-electron chi connectivity index (χ2n) is 15.1. The third-order valence-electron chi connectivity index (χ3n) is 11.8. The molecule has 59 heavy (non-hydrogen) atoms. The van der Waals surface area contributed by atoms with Gasteiger partial charge in [0, 0.05) is 40.1 Å². The maximum atomic E-state index is 17.3. The maximum absolute atomic E-state index is 17.3. The van der Waals surface area contributed by atoms with Gasteiger partial charge < -0.3 is 4.57 Å². The van der Waals surface area contributed by atoms with Crippen molar-refractivity contribution in [3.63, 3.8) is 0 Å². The Labute approximate surface area is 343 Å². The molecule has 0 saturated carbocycles. The van der Waals surface area contributed by atoms with Gasteiger partial charge in [-0.05, 0) is 98.6 Å². The summed E-state index contributed by atoms with van der Waals surface area (Å²) in [5, 5.41) is 7.32. The molecule has 1 atom stereocenters. The standard InChI is InChI=1S/C53H37FN4Si/c54-53(38-18-16-17-37(33-38)45-26-12-14-31-55-45)39-29-30-50-48(34-39)58(52-28-13-15-32-56-52)49-36-47-44(43-25-10-11-27-46(43)57(47)40-19-4-1-5-20-40)35-51(49)59(50,41-21-6-2-7-22-41)42-23-8-3-9-24-42/h1-36,53H. The van der Waals surface area contributed by atoms with E-state index in [2.05, 4.69) is 160 Å². The van der Waals surface area contributed by atoms with Crippen LogP contribution in [0.5, 0.6) is 0 Å². The van der Waals surface area contributed by atoms with Crippen molar-refractivity contribution in [1.82, 2.24) is 14.5 Å². The quantitative estimate of drug-likeness (QED) is 0.151. The SMILES string of the molecule is FC(c1cccc(-c2ccccn2)c1)c1ccc2c(c1)N(c1ccccn1)c1cc3c(cc1[Si]2(c1ccccc1)c1ccccc1)c1ccccc1n3-c1ccccc1. The molecule has 280 valence electrons. The molecule has 4 nitrogen and oxygen atoms in total. The molecular formula is C53H37FN4Si. The van der Waals surface area contributed by atoms with Crippen LogP contribution in [0.2, 0.25) is 0 Å². The first-order valence-corrected chi connectivity index (χ1v) is 22.0. The summed E-state index contributed by atoms with van der Waals surface area (Å²) in [6.45, 7) is 0. The fraction of sp³-hybridized carbons (Fsp3) is 0.0189. The number of hydrogen-bond acceptors (Lipinski definition) is 3. The summed E-state index contributed by atoms with van der Waals surface area (Å²) >= 11 is 0. The number of alkyl halides is 1. The van der Waals surface area contributed by atoms with Crippen LogP contribution in [0.1, 0.15) is 17.3 Å². The highest BCUT2D eigenvalue weighted by atomic mass is 28.3. The molecule has 1 aliphatic heterocycles. The highest BCUT2D eigenvalue weighted by molar-refractivity contribution is 7.21. The average Bonchev–Trinajstić information content (AvgIpc) is 3.64. The van der Waals surface area contributed by atoms with E-state index in [1.807, 2.05) is 66.9 Å². The third-order valence-corrected chi connectivity index (χ3v) is 16.7. The van der Waals surface area contributed by atoms with Gasteiger partial charge >= 0.3 is 0 Å². The monoisotopic (exact) mass is 776 g/mol. The van der Waals surface area contributed by atoms with E-state index in [0.717, 1.165) is 45.2 Å². The summed E-state index contributed by atoms with van der Waals surface area (Å²) in [6.07, 6.45) is 2.22. The van der Waals surface area contributed by atoms with Gasteiger partial charge in [0.2, 0.25) is 0 Å². The second-order valence-corrected chi connectivity index (χ2v) is 18.8. The predicted molar refractivity (Wildman–Crippen MR) is 243 cm³/mol. The van der Waals surface area contributed by atoms with Crippen molar-refractivity contribution in [3.05, 3.63) is 230 Å². The van der Waals surface area contributed by atoms with Crippen molar-refractivity contribution >= 4 is 67.8 Å². The van der Waals surface area contributed by atoms with Crippen LogP contribution in [0, 0.1) is 0 Å². The van der Waals surface area contributed by atoms with E-state index >= 15 is 4.39 Å². The van der Waals surface area contributed by atoms with Gasteiger partial charge in [-0.25, -0.2) is 9.37 Å². The number of aromatic nitrogens is 3. The van der Waals surface area contributed by atoms with E-state index in [0.29, 0.717) is 11.1 Å². The fourth-order valence-electron chi connectivity index (χ4n) is 9.31. The van der Waals surface area contributed by atoms with Crippen LogP contribution in [0.3, 0.4) is 0 Å². The zero-order chi connectivity index (χ0) is 39.3. The summed E-state index contributed by atoms with van der Waals surface area (Å²) in [5.74, 6) is 0.769. The molecular weight excluding hydrogens is 740 g/mol. The first-order valence-electron chi connectivity index (χ1n) is 20.0. The molecule has 0 aliphatic carbocycles. The molecule has 4 heterocycles. The van der Waals surface area contributed by atoms with Gasteiger partial charge in [0.15, 0.2) is 14.2 Å². The van der Waals surface area contributed by atoms with E-state index in [1.165, 1.54) is 31.5 Å². The van der Waals surface area contributed by atoms with Gasteiger partial charge in [-0.2, -0.15) is 0 Å². The van der Waals surface area contributed by atoms with Gasteiger partial charge in [0.05, 0.1) is 22.4 Å². The molecule has 7 aromatic carbocycles. The lowest BCUT2D eigenvalue weighted by molar-refractivity contribution is 0.402. The van der Waals surface area contributed by atoms with Gasteiger partial charge in [-0.3, -0.25) is 9.88 Å². The molecule has 6 heteroatoms. The fourth-order valence-corrected chi connectivity index (χ4v) is 14.4. The molecule has 0 spiro atoms. The Balaban J connectivity index is 1.25. The molecule has 0 saturated heterocycles. The summed E-state index contributed by atoms with van der Waals surface area (Å²) in [5.41, 5.74) is 8.13. The largest absolute Gasteiger partial charge is 0.309 e. The molecule has 11 rings (SSSR count). The number of fused-ring (bicyclic) bond motifs is 5. The van der Waals surface area contributed by atoms with Gasteiger partial charge in [-0.1, -0.05) is 140 Å². The van der Waals surface area contributed by atoms with Crippen LogP contribution in [-0.4, -0.2) is 22.6 Å². The van der Waals surface area contributed by atoms with Crippen LogP contribution in [0.25, 0.3) is 38.8 Å². The number of hydrogen-bond donors (Lipinski definition) is 0. The van der Waals surface area contributed by atoms with Crippen molar-refractivity contribution in [2.45, 2.75) is 6.17 Å². The molecule has 0 fully saturated rings. The molecule has 10 aromatic rings. The van der Waals surface area contributed by atoms with Crippen molar-refractivity contribution in [2.75, 3.05) is 4.90 Å². The lowest BCUT2D eigenvalue weighted by atomic mass is 9.99. The highest BCUT2D eigenvalue weighted by Gasteiger charge is 2.49. The molecule has 0 bridgehead atoms. The van der Waals surface area contributed by atoms with Crippen LogP contribution >= 0.6 is 0 Å². The Bertz CT molecular complexity index is 3080. The average molecular weight is 777 g/mol. The van der Waals surface area contributed by atoms with Crippen molar-refractivity contribution in [3.8, 4) is 16.9 Å². The summed E-state index contributed by atoms with van der Waals surface area (Å²) in [6, 6.07) is 71.9. The minimum Gasteiger partial charge on any atom is -0.309 e. The number of benzene rings is 7. The number of pyridine rings is 2. The lowest BCUT2D eigenvalue weighted by Gasteiger charge is -2.45. The topological polar surface area (TPSA) is 34.0 Å². The first kappa shape index (κ1) is 34.8. The van der Waals surface area contributed by atoms with E-state index in [9.17, 15) is 0 Å². The van der Waals surface area contributed by atoms with E-state index in [-0.39, 0.29) is 0 Å². The number of para-hydroxylation sites is 2. The van der Waals surface area contributed by atoms with Crippen LogP contribution in [0.15, 0.2) is 219 Å². The molecule has 0 radical (unpaired) electrons. The zero-order valence-corrected chi connectivity index (χ0v) is 33.0. The number of nitrogens with zero attached hydrogens (tertiary/aromatic N) is 4. The van der Waals surface area contributed by atoms with E-state index < -0.39 is 14.2 Å². The smallest absolute Gasteiger partial charge is 0.184 e. The van der Waals surface area contributed by atoms with Gasteiger partial charge in [0.1, 0.15) is 5.82 Å². The Morgan fingerprint density at radius 2 is 1.10 bits per heavy atom. The lowest BCUT2D eigenvalue weighted by Crippen LogP contribution is -2.77. The Hall–Kier alpha value is -7.41. The predicted octanol–water partition coefficient (Wildman–Crippen LogP) is 10.5. The highest BCUT2D eigenvalue weighted by Crippen LogP contribution is 2.43. The van der Waals surface area contributed by atoms with Gasteiger partial charge in [0.25, 0.3) is 0 Å². The van der Waals surface area contributed by atoms with E-state index in [1.54, 1.807) is 6.20 Å². The number of rotatable bonds is 7. The summed E-state index contributed by atoms with van der Waals surface area (Å²) < 4.78 is 19.7. The molecule has 0 amide bonds. The third kappa shape index (κ3) is 5.56. The van der Waals surface area contributed by atoms with Crippen LogP contribution < -0.4 is 25.6 Å². The van der Waals surface area contributed by atoms with E-state index in [4.69, 9.17) is 4.98 Å². The second kappa shape index (κ2) is 14.2. The van der Waals surface area contributed by atoms with Crippen molar-refractivity contribution in [1.29, 1.82) is 0 Å². The number of anilines is 3. The van der Waals surface area contributed by atoms with Crippen LogP contribution in [0.4, 0.5) is 21.6 Å². The number of halogens is 1. The van der Waals surface area contributed by atoms with Crippen molar-refractivity contribution in [2.24, 2.45) is 0 Å². The molecule has 1 unspecified atom stereocenters. The summed E-state index contributed by atoms with van der Waals surface area (Å²) in [7, 11) is -3.12. The molecule has 3 aromatic heterocycles. The normalized spacial score (nSPS) is 13.5. The summed E-state index contributed by atoms with van der Waals surface area (Å²) in [4.78, 5) is 11.8. The van der Waals surface area contributed by atoms with Gasteiger partial charge in [-0.15, -0.1) is 0 Å². The molecule has 0 N–H and O–H groups in total. The first-order chi connectivity index (χ1) is 29.2. The Kier molecular flexibility index (Phi) is 8.38. The minimum atomic E-state index is -3.12. The van der Waals surface area contributed by atoms with Crippen molar-refractivity contribution < 1.29 is 4.39 Å². The molecule has 1 aliphatic rings. The van der Waals surface area contributed by atoms with Crippen LogP contribution in [-0.2, 0) is 0 Å². The minimum absolute atomic E-state index is 0.579.